The molecule has 6 nitrogen and oxygen atoms in total. The quantitative estimate of drug-likeness (QED) is 0.159. The van der Waals surface area contributed by atoms with Crippen molar-refractivity contribution in [2.75, 3.05) is 0 Å². The maximum Gasteiger partial charge on any atom is 0.0788 e. The lowest BCUT2D eigenvalue weighted by Crippen LogP contribution is -1.98. The van der Waals surface area contributed by atoms with Crippen molar-refractivity contribution in [1.29, 1.82) is 0 Å². The van der Waals surface area contributed by atoms with Gasteiger partial charge in [-0.25, -0.2) is 0 Å². The van der Waals surface area contributed by atoms with Crippen LogP contribution in [0.1, 0.15) is 16.7 Å². The zero-order chi connectivity index (χ0) is 65.8. The molecule has 0 spiro atoms. The van der Waals surface area contributed by atoms with E-state index in [4.69, 9.17) is 0 Å². The molecule has 0 amide bonds. The second-order valence-electron chi connectivity index (χ2n) is 26.2. The lowest BCUT2D eigenvalue weighted by Gasteiger charge is -2.12. The fraction of sp³-hybridized carbons (Fsp3) is 0.0323. The van der Waals surface area contributed by atoms with Crippen molar-refractivity contribution < 1.29 is 0 Å². The van der Waals surface area contributed by atoms with Gasteiger partial charge in [-0.2, -0.15) is 0 Å². The minimum atomic E-state index is 1.18. The smallest absolute Gasteiger partial charge is 0.0788 e. The highest BCUT2D eigenvalue weighted by molar-refractivity contribution is 6.26. The summed E-state index contributed by atoms with van der Waals surface area (Å²) in [6.07, 6.45) is 0. The summed E-state index contributed by atoms with van der Waals surface area (Å²) in [6.45, 7) is 6.48. The average molecular weight is 1270 g/mol. The second kappa shape index (κ2) is 23.2. The number of aryl methyl sites for hydroxylation is 3. The number of para-hydroxylation sites is 9. The molecule has 0 unspecified atom stereocenters. The SMILES string of the molecule is Cc1ccc(-n2c3ccccc3c3ccc4c5ccccc5n(-c5ccccc5)c4c32)cc1.Cc1ccc2c(c1)c1cc3c4ccccc4n(-c4ccccc4)c3cc1n2-c1ccccc1.Cc1ccc2c(c1)c1ccc3c4ccccc4n(-c4ccccc4)c3c1n2-c1ccccc1. The van der Waals surface area contributed by atoms with E-state index in [0.29, 0.717) is 0 Å². The molecule has 0 fully saturated rings. The number of hydrogen-bond donors (Lipinski definition) is 0. The van der Waals surface area contributed by atoms with E-state index >= 15 is 0 Å². The summed E-state index contributed by atoms with van der Waals surface area (Å²) in [5.41, 5.74) is 25.8. The fourth-order valence-electron chi connectivity index (χ4n) is 16.0. The summed E-state index contributed by atoms with van der Waals surface area (Å²) in [5.74, 6) is 0. The highest BCUT2D eigenvalue weighted by Crippen LogP contribution is 2.45. The number of hydrogen-bond acceptors (Lipinski definition) is 0. The minimum absolute atomic E-state index is 1.18. The lowest BCUT2D eigenvalue weighted by atomic mass is 10.1. The molecule has 0 aliphatic heterocycles. The van der Waals surface area contributed by atoms with Gasteiger partial charge >= 0.3 is 0 Å². The summed E-state index contributed by atoms with van der Waals surface area (Å²) >= 11 is 0. The zero-order valence-corrected chi connectivity index (χ0v) is 55.1. The molecule has 0 radical (unpaired) electrons. The van der Waals surface area contributed by atoms with Crippen molar-refractivity contribution in [3.05, 3.63) is 362 Å². The van der Waals surface area contributed by atoms with Crippen molar-refractivity contribution in [2.24, 2.45) is 0 Å². The predicted molar refractivity (Wildman–Crippen MR) is 420 cm³/mol. The summed E-state index contributed by atoms with van der Waals surface area (Å²) in [7, 11) is 0. The van der Waals surface area contributed by atoms with E-state index in [1.165, 1.54) is 182 Å². The maximum absolute atomic E-state index is 2.44. The summed E-state index contributed by atoms with van der Waals surface area (Å²) < 4.78 is 14.5. The van der Waals surface area contributed by atoms with E-state index in [1.54, 1.807) is 0 Å². The Balaban J connectivity index is 0.000000104. The molecule has 6 heterocycles. The molecule has 6 heteroatoms. The fourth-order valence-corrected chi connectivity index (χ4v) is 16.0. The average Bonchev–Trinajstić information content (AvgIpc) is 1.57. The molecule has 15 aromatic carbocycles. The van der Waals surface area contributed by atoms with Crippen molar-refractivity contribution >= 4 is 131 Å². The van der Waals surface area contributed by atoms with Crippen LogP contribution in [0.25, 0.3) is 165 Å². The molecule has 0 saturated carbocycles. The normalized spacial score (nSPS) is 11.8. The molecule has 0 aliphatic rings. The van der Waals surface area contributed by atoms with E-state index in [2.05, 4.69) is 394 Å². The number of rotatable bonds is 6. The van der Waals surface area contributed by atoms with Gasteiger partial charge < -0.3 is 27.4 Å². The van der Waals surface area contributed by atoms with E-state index in [0.717, 1.165) is 0 Å². The molecule has 21 aromatic rings. The highest BCUT2D eigenvalue weighted by Gasteiger charge is 2.24. The first-order chi connectivity index (χ1) is 48.9. The first kappa shape index (κ1) is 57.5. The third-order valence-electron chi connectivity index (χ3n) is 20.3. The lowest BCUT2D eigenvalue weighted by molar-refractivity contribution is 1.15. The molecule has 0 atom stereocenters. The second-order valence-corrected chi connectivity index (χ2v) is 26.2. The van der Waals surface area contributed by atoms with Gasteiger partial charge in [0.25, 0.3) is 0 Å². The van der Waals surface area contributed by atoms with E-state index in [-0.39, 0.29) is 0 Å². The standard InChI is InChI=1S/3C31H22N2/c1-21-16-19-29-27(20-21)26-18-17-25-24-14-8-9-15-28(24)32(22-10-4-2-5-11-22)30(25)31(26)33(29)23-12-6-3-7-13-23;1-21-16-17-29-25(18-21)27-19-26-24-14-8-9-15-28(24)32(22-10-4-2-5-11-22)30(26)20-31(27)33(29)23-12-6-3-7-13-23;1-21-15-17-23(18-16-21)33-29-14-8-6-12-25(29)27-20-19-26-24-11-5-7-13-28(24)32(30(26)31(27)33)22-9-3-2-4-10-22/h3*2-20H,1H3. The first-order valence-electron chi connectivity index (χ1n) is 34.2. The number of aromatic nitrogens is 6. The Hall–Kier alpha value is -12.9. The van der Waals surface area contributed by atoms with Gasteiger partial charge in [0, 0.05) is 98.8 Å². The number of fused-ring (bicyclic) bond motifs is 20. The molecule has 0 bridgehead atoms. The van der Waals surface area contributed by atoms with Gasteiger partial charge in [-0.3, -0.25) is 0 Å². The Morgan fingerprint density at radius 3 is 0.737 bits per heavy atom. The molecular weight excluding hydrogens is 1200 g/mol. The predicted octanol–water partition coefficient (Wildman–Crippen LogP) is 24.6. The van der Waals surface area contributed by atoms with E-state index in [9.17, 15) is 0 Å². The number of nitrogens with zero attached hydrogens (tertiary/aromatic N) is 6. The monoisotopic (exact) mass is 1270 g/mol. The maximum atomic E-state index is 2.44. The molecule has 0 saturated heterocycles. The number of benzene rings is 15. The van der Waals surface area contributed by atoms with Crippen molar-refractivity contribution in [3.8, 4) is 34.1 Å². The molecule has 99 heavy (non-hydrogen) atoms. The van der Waals surface area contributed by atoms with Crippen LogP contribution in [0.3, 0.4) is 0 Å². The third-order valence-corrected chi connectivity index (χ3v) is 20.3. The molecule has 6 aromatic heterocycles. The van der Waals surface area contributed by atoms with Crippen LogP contribution in [0.2, 0.25) is 0 Å². The van der Waals surface area contributed by atoms with E-state index in [1.807, 2.05) is 0 Å². The van der Waals surface area contributed by atoms with Gasteiger partial charge in [-0.15, -0.1) is 0 Å². The van der Waals surface area contributed by atoms with Gasteiger partial charge in [0.2, 0.25) is 0 Å². The molecule has 21 rings (SSSR count). The third kappa shape index (κ3) is 9.17. The van der Waals surface area contributed by atoms with Crippen molar-refractivity contribution in [3.63, 3.8) is 0 Å². The van der Waals surface area contributed by atoms with Gasteiger partial charge in [0.15, 0.2) is 0 Å². The van der Waals surface area contributed by atoms with Gasteiger partial charge in [-0.05, 0) is 154 Å². The van der Waals surface area contributed by atoms with Crippen LogP contribution < -0.4 is 0 Å². The Morgan fingerprint density at radius 2 is 0.374 bits per heavy atom. The Kier molecular flexibility index (Phi) is 13.5. The summed E-state index contributed by atoms with van der Waals surface area (Å²) in [5, 5.41) is 15.4. The Morgan fingerprint density at radius 1 is 0.141 bits per heavy atom. The Labute approximate surface area is 572 Å². The molecule has 468 valence electrons. The van der Waals surface area contributed by atoms with Crippen LogP contribution in [0.5, 0.6) is 0 Å². The van der Waals surface area contributed by atoms with E-state index < -0.39 is 0 Å². The van der Waals surface area contributed by atoms with Crippen molar-refractivity contribution in [1.82, 2.24) is 27.4 Å². The van der Waals surface area contributed by atoms with Crippen LogP contribution in [0, 0.1) is 20.8 Å². The highest BCUT2D eigenvalue weighted by atomic mass is 15.1. The largest absolute Gasteiger partial charge is 0.309 e. The van der Waals surface area contributed by atoms with Gasteiger partial charge in [-0.1, -0.05) is 229 Å². The molecule has 0 N–H and O–H groups in total. The van der Waals surface area contributed by atoms with Crippen LogP contribution in [0.15, 0.2) is 346 Å². The van der Waals surface area contributed by atoms with Crippen LogP contribution in [0.4, 0.5) is 0 Å². The van der Waals surface area contributed by atoms with Gasteiger partial charge in [0.05, 0.1) is 66.2 Å². The zero-order valence-electron chi connectivity index (χ0n) is 55.1. The summed E-state index contributed by atoms with van der Waals surface area (Å²) in [4.78, 5) is 0. The molecular formula is C93H66N6. The van der Waals surface area contributed by atoms with Crippen molar-refractivity contribution in [2.45, 2.75) is 20.8 Å². The Bertz CT molecular complexity index is 6700. The topological polar surface area (TPSA) is 29.6 Å². The van der Waals surface area contributed by atoms with Gasteiger partial charge in [0.1, 0.15) is 0 Å². The van der Waals surface area contributed by atoms with Crippen LogP contribution in [-0.4, -0.2) is 27.4 Å². The minimum Gasteiger partial charge on any atom is -0.309 e. The first-order valence-corrected chi connectivity index (χ1v) is 34.2. The summed E-state index contributed by atoms with van der Waals surface area (Å²) in [6, 6.07) is 125. The van der Waals surface area contributed by atoms with Crippen LogP contribution >= 0.6 is 0 Å². The van der Waals surface area contributed by atoms with Crippen LogP contribution in [-0.2, 0) is 0 Å². The molecule has 0 aliphatic carbocycles.